The third-order valence-electron chi connectivity index (χ3n) is 3.52. The van der Waals surface area contributed by atoms with Crippen LogP contribution in [0, 0.1) is 7.53 Å². The number of hydrogen-bond donors (Lipinski definition) is 2. The van der Waals surface area contributed by atoms with Gasteiger partial charge in [0, 0.05) is 22.6 Å². The van der Waals surface area contributed by atoms with Gasteiger partial charge in [0.15, 0.2) is 21.8 Å². The first-order valence-electron chi connectivity index (χ1n) is 6.49. The summed E-state index contributed by atoms with van der Waals surface area (Å²) in [6, 6.07) is 0. The molecule has 1 aliphatic heterocycles. The number of imidazole rings is 1. The van der Waals surface area contributed by atoms with Crippen LogP contribution in [-0.4, -0.2) is 60.4 Å². The highest BCUT2D eigenvalue weighted by molar-refractivity contribution is 14.1. The van der Waals surface area contributed by atoms with Crippen LogP contribution in [0.25, 0.3) is 11.2 Å². The lowest BCUT2D eigenvalue weighted by atomic mass is 10.1. The van der Waals surface area contributed by atoms with Crippen molar-refractivity contribution >= 4 is 79.2 Å². The van der Waals surface area contributed by atoms with Crippen molar-refractivity contribution in [2.24, 2.45) is 0 Å². The molecule has 24 heavy (non-hydrogen) atoms. The van der Waals surface area contributed by atoms with Crippen LogP contribution in [0.2, 0.25) is 0 Å². The summed E-state index contributed by atoms with van der Waals surface area (Å²) in [6.45, 7) is 0. The highest BCUT2D eigenvalue weighted by Gasteiger charge is 2.47. The van der Waals surface area contributed by atoms with Crippen LogP contribution in [0.5, 0.6) is 0 Å². The average molecular weight is 668 g/mol. The summed E-state index contributed by atoms with van der Waals surface area (Å²) in [6.07, 6.45) is -2.67. The third kappa shape index (κ3) is 2.79. The molecule has 2 N–H and O–H groups in total. The molecule has 3 aromatic heterocycles. The van der Waals surface area contributed by atoms with Gasteiger partial charge >= 0.3 is 0 Å². The van der Waals surface area contributed by atoms with Crippen molar-refractivity contribution in [3.8, 4) is 0 Å². The molecule has 4 heterocycles. The van der Waals surface area contributed by atoms with E-state index in [1.807, 2.05) is 45.5 Å². The molecule has 1 saturated heterocycles. The Bertz CT molecular complexity index is 916. The highest BCUT2D eigenvalue weighted by Crippen LogP contribution is 2.38. The van der Waals surface area contributed by atoms with Gasteiger partial charge in [-0.1, -0.05) is 0 Å². The Balaban J connectivity index is 1.75. The average Bonchev–Trinajstić information content (AvgIpc) is 3.20. The van der Waals surface area contributed by atoms with Gasteiger partial charge < -0.3 is 14.9 Å². The second kappa shape index (κ2) is 6.45. The Morgan fingerprint density at radius 2 is 1.96 bits per heavy atom. The van der Waals surface area contributed by atoms with Gasteiger partial charge in [0.25, 0.3) is 0 Å². The van der Waals surface area contributed by atoms with E-state index < -0.39 is 24.5 Å². The van der Waals surface area contributed by atoms with E-state index in [-0.39, 0.29) is 5.82 Å². The molecule has 0 aromatic carbocycles. The number of hydrogen-bond acceptors (Lipinski definition) is 9. The molecule has 3 aromatic rings. The monoisotopic (exact) mass is 668 g/mol. The fourth-order valence-electron chi connectivity index (χ4n) is 2.47. The van der Waals surface area contributed by atoms with E-state index in [0.29, 0.717) is 18.7 Å². The van der Waals surface area contributed by atoms with E-state index in [2.05, 4.69) is 53.0 Å². The Hall–Kier alpha value is -0.310. The number of aliphatic hydroxyl groups is 2. The maximum atomic E-state index is 10.4. The molecular formula is C10H7I3N8O3. The molecule has 0 bridgehead atoms. The number of fused-ring (bicyclic) bond motifs is 1. The number of aliphatic hydroxyl groups excluding tert-OH is 2. The van der Waals surface area contributed by atoms with Crippen LogP contribution >= 0.6 is 68.0 Å². The molecule has 14 heteroatoms. The minimum absolute atomic E-state index is 0.196. The van der Waals surface area contributed by atoms with Gasteiger partial charge in [-0.15, -0.1) is 13.2 Å². The van der Waals surface area contributed by atoms with Gasteiger partial charge in [-0.3, -0.25) is 4.57 Å². The Morgan fingerprint density at radius 1 is 1.17 bits per heavy atom. The summed E-state index contributed by atoms with van der Waals surface area (Å²) in [7, 11) is 0. The minimum atomic E-state index is -1.20. The van der Waals surface area contributed by atoms with E-state index in [1.54, 1.807) is 4.57 Å². The van der Waals surface area contributed by atoms with Crippen LogP contribution in [0.1, 0.15) is 18.2 Å². The second-order valence-corrected chi connectivity index (χ2v) is 7.77. The van der Waals surface area contributed by atoms with E-state index in [0.717, 1.165) is 0 Å². The maximum absolute atomic E-state index is 10.4. The zero-order chi connectivity index (χ0) is 17.0. The van der Waals surface area contributed by atoms with Crippen molar-refractivity contribution in [1.82, 2.24) is 37.9 Å². The number of rotatable bonds is 2. The number of tetrazole rings is 1. The molecule has 0 spiro atoms. The molecule has 0 unspecified atom stereocenters. The third-order valence-corrected chi connectivity index (χ3v) is 5.17. The fourth-order valence-corrected chi connectivity index (χ4v) is 4.32. The van der Waals surface area contributed by atoms with E-state index in [9.17, 15) is 10.2 Å². The topological polar surface area (TPSA) is 137 Å². The molecule has 4 rings (SSSR count). The summed E-state index contributed by atoms with van der Waals surface area (Å²) in [4.78, 5) is 12.9. The number of aromatic nitrogens is 8. The fraction of sp³-hybridized carbons (Fsp3) is 0.400. The lowest BCUT2D eigenvalue weighted by Gasteiger charge is -2.16. The first-order chi connectivity index (χ1) is 11.5. The zero-order valence-corrected chi connectivity index (χ0v) is 17.9. The van der Waals surface area contributed by atoms with E-state index >= 15 is 0 Å². The number of nitrogens with zero attached hydrogens (tertiary/aromatic N) is 8. The van der Waals surface area contributed by atoms with Crippen molar-refractivity contribution in [2.75, 3.05) is 0 Å². The molecule has 0 aliphatic carbocycles. The largest absolute Gasteiger partial charge is 0.387 e. The summed E-state index contributed by atoms with van der Waals surface area (Å²) in [5, 5.41) is 32.3. The van der Waals surface area contributed by atoms with Gasteiger partial charge in [-0.2, -0.15) is 0 Å². The SMILES string of the molecule is O[C@@H]1[C@H](O)[C@@H](c2nnn(I)n2)O[C@H]1n1cnc2c(I)nc(I)nc21. The summed E-state index contributed by atoms with van der Waals surface area (Å²) in [5.74, 6) is 0.196. The summed E-state index contributed by atoms with van der Waals surface area (Å²) in [5.41, 5.74) is 1.11. The predicted molar refractivity (Wildman–Crippen MR) is 103 cm³/mol. The smallest absolute Gasteiger partial charge is 0.207 e. The maximum Gasteiger partial charge on any atom is 0.207 e. The standard InChI is InChI=1S/C10H7I3N8O3/c11-6-2-8(16-10(12)15-6)20(1-14-2)9-4(23)3(22)5(24-9)7-17-19-21(13)18-7/h1,3-5,9,22-23H/t3-,4+,5-,9+/m0/s1. The van der Waals surface area contributed by atoms with Crippen molar-refractivity contribution in [3.63, 3.8) is 0 Å². The van der Waals surface area contributed by atoms with Crippen molar-refractivity contribution in [1.29, 1.82) is 0 Å². The van der Waals surface area contributed by atoms with Crippen molar-refractivity contribution in [2.45, 2.75) is 24.5 Å². The molecule has 0 saturated carbocycles. The number of ether oxygens (including phenoxy) is 1. The Morgan fingerprint density at radius 3 is 2.67 bits per heavy atom. The molecule has 0 amide bonds. The normalized spacial score (nSPS) is 27.2. The lowest BCUT2D eigenvalue weighted by molar-refractivity contribution is -0.0383. The summed E-state index contributed by atoms with van der Waals surface area (Å²) >= 11 is 5.91. The van der Waals surface area contributed by atoms with Crippen molar-refractivity contribution in [3.05, 3.63) is 19.7 Å². The first-order valence-corrected chi connectivity index (χ1v) is 9.61. The molecule has 1 aliphatic rings. The molecular weight excluding hydrogens is 661 g/mol. The van der Waals surface area contributed by atoms with E-state index in [1.165, 1.54) is 9.34 Å². The summed E-state index contributed by atoms with van der Waals surface area (Å²) < 4.78 is 9.84. The predicted octanol–water partition coefficient (Wildman–Crippen LogP) is 0.212. The van der Waals surface area contributed by atoms with Crippen LogP contribution in [0.3, 0.4) is 0 Å². The lowest BCUT2D eigenvalue weighted by Crippen LogP contribution is -2.29. The van der Waals surface area contributed by atoms with Crippen LogP contribution in [0.4, 0.5) is 0 Å². The molecule has 1 fully saturated rings. The van der Waals surface area contributed by atoms with Gasteiger partial charge in [-0.05, 0) is 27.8 Å². The minimum Gasteiger partial charge on any atom is -0.387 e. The molecule has 4 atom stereocenters. The van der Waals surface area contributed by atoms with Crippen LogP contribution < -0.4 is 0 Å². The molecule has 0 radical (unpaired) electrons. The van der Waals surface area contributed by atoms with Gasteiger partial charge in [0.1, 0.15) is 44.3 Å². The Labute approximate surface area is 175 Å². The van der Waals surface area contributed by atoms with Gasteiger partial charge in [0.2, 0.25) is 5.82 Å². The molecule has 126 valence electrons. The number of halogens is 3. The van der Waals surface area contributed by atoms with Gasteiger partial charge in [0.05, 0.1) is 6.33 Å². The Kier molecular flexibility index (Phi) is 4.60. The van der Waals surface area contributed by atoms with E-state index in [4.69, 9.17) is 4.74 Å². The first kappa shape index (κ1) is 17.1. The second-order valence-electron chi connectivity index (χ2n) is 4.92. The van der Waals surface area contributed by atoms with Crippen LogP contribution in [-0.2, 0) is 4.74 Å². The quantitative estimate of drug-likeness (QED) is 0.223. The highest BCUT2D eigenvalue weighted by atomic mass is 127. The van der Waals surface area contributed by atoms with Gasteiger partial charge in [-0.25, -0.2) is 15.0 Å². The van der Waals surface area contributed by atoms with Crippen LogP contribution in [0.15, 0.2) is 6.33 Å². The zero-order valence-electron chi connectivity index (χ0n) is 11.4. The van der Waals surface area contributed by atoms with Crippen molar-refractivity contribution < 1.29 is 14.9 Å². The molecule has 11 nitrogen and oxygen atoms in total.